The van der Waals surface area contributed by atoms with E-state index in [0.717, 1.165) is 22.9 Å². The molecule has 0 amide bonds. The smallest absolute Gasteiger partial charge is 0.101 e. The molecule has 1 aromatic heterocycles. The molecule has 0 bridgehead atoms. The molecule has 2 rings (SSSR count). The van der Waals surface area contributed by atoms with Crippen molar-refractivity contribution in [3.05, 3.63) is 41.6 Å². The highest BCUT2D eigenvalue weighted by molar-refractivity contribution is 5.83. The van der Waals surface area contributed by atoms with Crippen LogP contribution in [0.15, 0.2) is 30.5 Å². The lowest BCUT2D eigenvalue weighted by Gasteiger charge is -2.07. The SMILES string of the molecule is COCCc1c(C#N)cnc2ccccc12. The maximum atomic E-state index is 9.05. The summed E-state index contributed by atoms with van der Waals surface area (Å²) >= 11 is 0. The molecule has 0 aliphatic carbocycles. The molecule has 16 heavy (non-hydrogen) atoms. The number of pyridine rings is 1. The van der Waals surface area contributed by atoms with Gasteiger partial charge in [-0.1, -0.05) is 18.2 Å². The molecule has 0 saturated carbocycles. The minimum atomic E-state index is 0.614. The number of fused-ring (bicyclic) bond motifs is 1. The molecule has 3 heteroatoms. The fourth-order valence-corrected chi connectivity index (χ4v) is 1.77. The molecule has 0 N–H and O–H groups in total. The number of nitrogens with zero attached hydrogens (tertiary/aromatic N) is 2. The van der Waals surface area contributed by atoms with E-state index in [1.165, 1.54) is 0 Å². The zero-order valence-electron chi connectivity index (χ0n) is 9.10. The minimum Gasteiger partial charge on any atom is -0.384 e. The Balaban J connectivity index is 2.60. The Morgan fingerprint density at radius 2 is 2.19 bits per heavy atom. The minimum absolute atomic E-state index is 0.614. The Morgan fingerprint density at radius 1 is 1.38 bits per heavy atom. The van der Waals surface area contributed by atoms with Gasteiger partial charge in [-0.3, -0.25) is 4.98 Å². The third-order valence-electron chi connectivity index (χ3n) is 2.56. The second-order valence-electron chi connectivity index (χ2n) is 3.52. The number of ether oxygens (including phenoxy) is 1. The second kappa shape index (κ2) is 4.73. The Morgan fingerprint density at radius 3 is 2.94 bits per heavy atom. The Bertz CT molecular complexity index is 543. The van der Waals surface area contributed by atoms with Gasteiger partial charge >= 0.3 is 0 Å². The van der Waals surface area contributed by atoms with Gasteiger partial charge in [-0.2, -0.15) is 5.26 Å². The van der Waals surface area contributed by atoms with Gasteiger partial charge in [0, 0.05) is 18.7 Å². The maximum absolute atomic E-state index is 9.05. The summed E-state index contributed by atoms with van der Waals surface area (Å²) in [6.07, 6.45) is 2.37. The van der Waals surface area contributed by atoms with E-state index in [-0.39, 0.29) is 0 Å². The molecule has 0 fully saturated rings. The molecule has 0 spiro atoms. The third kappa shape index (κ3) is 1.88. The van der Waals surface area contributed by atoms with Crippen molar-refractivity contribution >= 4 is 10.9 Å². The Hall–Kier alpha value is -1.92. The molecule has 0 aliphatic rings. The number of methoxy groups -OCH3 is 1. The second-order valence-corrected chi connectivity index (χ2v) is 3.52. The van der Waals surface area contributed by atoms with E-state index in [4.69, 9.17) is 10.00 Å². The average Bonchev–Trinajstić information content (AvgIpc) is 2.35. The Kier molecular flexibility index (Phi) is 3.13. The van der Waals surface area contributed by atoms with Crippen molar-refractivity contribution in [1.29, 1.82) is 5.26 Å². The molecule has 0 atom stereocenters. The quantitative estimate of drug-likeness (QED) is 0.784. The predicted octanol–water partition coefficient (Wildman–Crippen LogP) is 2.30. The van der Waals surface area contributed by atoms with Gasteiger partial charge in [-0.25, -0.2) is 0 Å². The van der Waals surface area contributed by atoms with Crippen LogP contribution in [-0.2, 0) is 11.2 Å². The molecule has 2 aromatic rings. The van der Waals surface area contributed by atoms with E-state index in [1.54, 1.807) is 13.3 Å². The predicted molar refractivity (Wildman–Crippen MR) is 62.0 cm³/mol. The zero-order valence-corrected chi connectivity index (χ0v) is 9.10. The molecule has 0 aliphatic heterocycles. The van der Waals surface area contributed by atoms with Gasteiger partial charge in [0.2, 0.25) is 0 Å². The number of para-hydroxylation sites is 1. The first-order valence-electron chi connectivity index (χ1n) is 5.12. The van der Waals surface area contributed by atoms with Crippen LogP contribution in [0.5, 0.6) is 0 Å². The van der Waals surface area contributed by atoms with Crippen LogP contribution in [0.25, 0.3) is 10.9 Å². The summed E-state index contributed by atoms with van der Waals surface area (Å²) in [5, 5.41) is 10.1. The van der Waals surface area contributed by atoms with Gasteiger partial charge in [0.1, 0.15) is 6.07 Å². The lowest BCUT2D eigenvalue weighted by Crippen LogP contribution is -1.99. The molecule has 80 valence electrons. The normalized spacial score (nSPS) is 10.2. The summed E-state index contributed by atoms with van der Waals surface area (Å²) in [7, 11) is 1.66. The first-order chi connectivity index (χ1) is 7.86. The van der Waals surface area contributed by atoms with E-state index in [1.807, 2.05) is 24.3 Å². The lowest BCUT2D eigenvalue weighted by atomic mass is 10.0. The summed E-state index contributed by atoms with van der Waals surface area (Å²) in [6.45, 7) is 0.614. The molecule has 1 heterocycles. The van der Waals surface area contributed by atoms with Crippen LogP contribution in [0.4, 0.5) is 0 Å². The van der Waals surface area contributed by atoms with Gasteiger partial charge in [0.25, 0.3) is 0 Å². The standard InChI is InChI=1S/C13H12N2O/c1-16-7-6-11-10(8-14)9-15-13-5-3-2-4-12(11)13/h2-5,9H,6-7H2,1H3. The van der Waals surface area contributed by atoms with Gasteiger partial charge in [-0.15, -0.1) is 0 Å². The van der Waals surface area contributed by atoms with Crippen LogP contribution in [-0.4, -0.2) is 18.7 Å². The van der Waals surface area contributed by atoms with Crippen LogP contribution in [0.1, 0.15) is 11.1 Å². The fourth-order valence-electron chi connectivity index (χ4n) is 1.77. The highest BCUT2D eigenvalue weighted by Crippen LogP contribution is 2.20. The van der Waals surface area contributed by atoms with Gasteiger partial charge in [0.05, 0.1) is 17.7 Å². The first-order valence-corrected chi connectivity index (χ1v) is 5.12. The number of hydrogen-bond donors (Lipinski definition) is 0. The third-order valence-corrected chi connectivity index (χ3v) is 2.56. The van der Waals surface area contributed by atoms with Crippen LogP contribution < -0.4 is 0 Å². The summed E-state index contributed by atoms with van der Waals surface area (Å²) in [6, 6.07) is 10.0. The van der Waals surface area contributed by atoms with E-state index in [9.17, 15) is 0 Å². The van der Waals surface area contributed by atoms with Crippen LogP contribution in [0.3, 0.4) is 0 Å². The van der Waals surface area contributed by atoms with E-state index in [0.29, 0.717) is 12.2 Å². The van der Waals surface area contributed by atoms with Crippen molar-refractivity contribution in [3.63, 3.8) is 0 Å². The molecular formula is C13H12N2O. The van der Waals surface area contributed by atoms with Crippen LogP contribution >= 0.6 is 0 Å². The van der Waals surface area contributed by atoms with Gasteiger partial charge < -0.3 is 4.74 Å². The maximum Gasteiger partial charge on any atom is 0.101 e. The van der Waals surface area contributed by atoms with E-state index >= 15 is 0 Å². The molecular weight excluding hydrogens is 200 g/mol. The van der Waals surface area contributed by atoms with Crippen molar-refractivity contribution in [2.75, 3.05) is 13.7 Å². The number of hydrogen-bond acceptors (Lipinski definition) is 3. The molecule has 3 nitrogen and oxygen atoms in total. The van der Waals surface area contributed by atoms with Crippen molar-refractivity contribution in [2.24, 2.45) is 0 Å². The first kappa shape index (κ1) is 10.6. The summed E-state index contributed by atoms with van der Waals surface area (Å²) in [5.74, 6) is 0. The number of rotatable bonds is 3. The summed E-state index contributed by atoms with van der Waals surface area (Å²) < 4.78 is 5.06. The van der Waals surface area contributed by atoms with Gasteiger partial charge in [-0.05, 0) is 18.1 Å². The molecule has 0 saturated heterocycles. The number of aromatic nitrogens is 1. The fraction of sp³-hybridized carbons (Fsp3) is 0.231. The van der Waals surface area contributed by atoms with Gasteiger partial charge in [0.15, 0.2) is 0 Å². The largest absolute Gasteiger partial charge is 0.384 e. The van der Waals surface area contributed by atoms with E-state index < -0.39 is 0 Å². The zero-order chi connectivity index (χ0) is 11.4. The van der Waals surface area contributed by atoms with Crippen molar-refractivity contribution in [2.45, 2.75) is 6.42 Å². The van der Waals surface area contributed by atoms with Crippen LogP contribution in [0.2, 0.25) is 0 Å². The lowest BCUT2D eigenvalue weighted by molar-refractivity contribution is 0.202. The average molecular weight is 212 g/mol. The molecule has 1 aromatic carbocycles. The van der Waals surface area contributed by atoms with E-state index in [2.05, 4.69) is 11.1 Å². The summed E-state index contributed by atoms with van der Waals surface area (Å²) in [4.78, 5) is 4.26. The molecule has 0 unspecified atom stereocenters. The number of benzene rings is 1. The molecule has 0 radical (unpaired) electrons. The van der Waals surface area contributed by atoms with Crippen molar-refractivity contribution in [3.8, 4) is 6.07 Å². The van der Waals surface area contributed by atoms with Crippen molar-refractivity contribution < 1.29 is 4.74 Å². The van der Waals surface area contributed by atoms with Crippen molar-refractivity contribution in [1.82, 2.24) is 4.98 Å². The topological polar surface area (TPSA) is 45.9 Å². The van der Waals surface area contributed by atoms with Crippen LogP contribution in [0, 0.1) is 11.3 Å². The number of nitriles is 1. The highest BCUT2D eigenvalue weighted by atomic mass is 16.5. The highest BCUT2D eigenvalue weighted by Gasteiger charge is 2.07. The monoisotopic (exact) mass is 212 g/mol. The summed E-state index contributed by atoms with van der Waals surface area (Å²) in [5.41, 5.74) is 2.58. The Labute approximate surface area is 94.3 Å².